The molecule has 1 amide bonds. The summed E-state index contributed by atoms with van der Waals surface area (Å²) < 4.78 is 4.92. The second kappa shape index (κ2) is 6.17. The van der Waals surface area contributed by atoms with Gasteiger partial charge in [0.2, 0.25) is 5.91 Å². The third-order valence-electron chi connectivity index (χ3n) is 3.29. The zero-order valence-electron chi connectivity index (χ0n) is 11.3. The Morgan fingerprint density at radius 3 is 2.85 bits per heavy atom. The monoisotopic (exact) mass is 294 g/mol. The first kappa shape index (κ1) is 14.7. The van der Waals surface area contributed by atoms with Crippen LogP contribution in [0.15, 0.2) is 18.2 Å². The van der Waals surface area contributed by atoms with Gasteiger partial charge in [-0.2, -0.15) is 12.6 Å². The summed E-state index contributed by atoms with van der Waals surface area (Å²) in [6, 6.07) is 4.88. The Bertz CT molecular complexity index is 533. The van der Waals surface area contributed by atoms with Gasteiger partial charge in [-0.3, -0.25) is 4.79 Å². The van der Waals surface area contributed by atoms with E-state index in [9.17, 15) is 9.59 Å². The Balaban J connectivity index is 2.22. The number of hydrogen-bond acceptors (Lipinski definition) is 5. The predicted molar refractivity (Wildman–Crippen MR) is 81.1 cm³/mol. The predicted octanol–water partition coefficient (Wildman–Crippen LogP) is 1.73. The number of hydrogen-bond donors (Lipinski definition) is 2. The van der Waals surface area contributed by atoms with E-state index in [2.05, 4.69) is 12.6 Å². The van der Waals surface area contributed by atoms with Gasteiger partial charge in [-0.15, -0.1) is 0 Å². The van der Waals surface area contributed by atoms with Crippen LogP contribution < -0.4 is 10.6 Å². The van der Waals surface area contributed by atoms with E-state index in [4.69, 9.17) is 10.5 Å². The fourth-order valence-electron chi connectivity index (χ4n) is 2.28. The average Bonchev–Trinajstić information content (AvgIpc) is 2.80. The van der Waals surface area contributed by atoms with Crippen molar-refractivity contribution in [3.05, 3.63) is 23.8 Å². The van der Waals surface area contributed by atoms with Gasteiger partial charge in [0, 0.05) is 13.0 Å². The maximum Gasteiger partial charge on any atom is 0.338 e. The topological polar surface area (TPSA) is 72.6 Å². The van der Waals surface area contributed by atoms with E-state index < -0.39 is 5.97 Å². The molecule has 1 fully saturated rings. The smallest absolute Gasteiger partial charge is 0.338 e. The molecule has 0 aliphatic carbocycles. The lowest BCUT2D eigenvalue weighted by molar-refractivity contribution is -0.117. The molecule has 1 aliphatic rings. The molecule has 1 atom stereocenters. The lowest BCUT2D eigenvalue weighted by atomic mass is 10.1. The van der Waals surface area contributed by atoms with E-state index >= 15 is 0 Å². The molecule has 2 rings (SSSR count). The number of benzene rings is 1. The van der Waals surface area contributed by atoms with Gasteiger partial charge in [0.25, 0.3) is 0 Å². The number of thiol groups is 1. The summed E-state index contributed by atoms with van der Waals surface area (Å²) in [5, 5.41) is 0. The number of carbonyl (C=O) groups excluding carboxylic acids is 2. The van der Waals surface area contributed by atoms with E-state index in [0.717, 1.165) is 0 Å². The van der Waals surface area contributed by atoms with Crippen molar-refractivity contribution in [3.8, 4) is 0 Å². The van der Waals surface area contributed by atoms with Crippen LogP contribution >= 0.6 is 12.6 Å². The van der Waals surface area contributed by atoms with E-state index in [1.54, 1.807) is 30.0 Å². The molecule has 0 spiro atoms. The van der Waals surface area contributed by atoms with Crippen LogP contribution in [0.3, 0.4) is 0 Å². The maximum absolute atomic E-state index is 12.0. The summed E-state index contributed by atoms with van der Waals surface area (Å²) in [7, 11) is 0. The minimum Gasteiger partial charge on any atom is -0.462 e. The SMILES string of the molecule is CCOC(=O)c1ccc(N2CC(CS)CC2=O)c(N)c1. The summed E-state index contributed by atoms with van der Waals surface area (Å²) in [5.74, 6) is 0.546. The molecule has 108 valence electrons. The van der Waals surface area contributed by atoms with E-state index in [1.165, 1.54) is 0 Å². The van der Waals surface area contributed by atoms with E-state index in [0.29, 0.717) is 42.3 Å². The molecular formula is C14H18N2O3S. The lowest BCUT2D eigenvalue weighted by Crippen LogP contribution is -2.25. The normalized spacial score (nSPS) is 18.4. The molecular weight excluding hydrogens is 276 g/mol. The van der Waals surface area contributed by atoms with Gasteiger partial charge < -0.3 is 15.4 Å². The highest BCUT2D eigenvalue weighted by molar-refractivity contribution is 7.80. The van der Waals surface area contributed by atoms with Gasteiger partial charge in [-0.1, -0.05) is 0 Å². The third kappa shape index (κ3) is 2.90. The zero-order chi connectivity index (χ0) is 14.7. The van der Waals surface area contributed by atoms with Gasteiger partial charge >= 0.3 is 5.97 Å². The Morgan fingerprint density at radius 2 is 2.30 bits per heavy atom. The highest BCUT2D eigenvalue weighted by Gasteiger charge is 2.30. The first-order valence-corrected chi connectivity index (χ1v) is 7.18. The van der Waals surface area contributed by atoms with Crippen LogP contribution in [-0.2, 0) is 9.53 Å². The summed E-state index contributed by atoms with van der Waals surface area (Å²) in [4.78, 5) is 25.2. The van der Waals surface area contributed by atoms with Gasteiger partial charge in [-0.05, 0) is 36.8 Å². The molecule has 1 aromatic carbocycles. The molecule has 0 radical (unpaired) electrons. The van der Waals surface area contributed by atoms with Crippen molar-refractivity contribution in [1.29, 1.82) is 0 Å². The van der Waals surface area contributed by atoms with Gasteiger partial charge in [0.15, 0.2) is 0 Å². The number of esters is 1. The number of rotatable bonds is 4. The minimum absolute atomic E-state index is 0.0413. The summed E-state index contributed by atoms with van der Waals surface area (Å²) in [6.45, 7) is 2.68. The molecule has 1 aliphatic heterocycles. The van der Waals surface area contributed by atoms with Crippen molar-refractivity contribution in [2.24, 2.45) is 5.92 Å². The van der Waals surface area contributed by atoms with Crippen LogP contribution in [0.25, 0.3) is 0 Å². The van der Waals surface area contributed by atoms with Crippen LogP contribution in [0, 0.1) is 5.92 Å². The van der Waals surface area contributed by atoms with Crippen molar-refractivity contribution in [2.45, 2.75) is 13.3 Å². The van der Waals surface area contributed by atoms with Crippen LogP contribution in [0.5, 0.6) is 0 Å². The van der Waals surface area contributed by atoms with Crippen molar-refractivity contribution < 1.29 is 14.3 Å². The summed E-state index contributed by atoms with van der Waals surface area (Å²) in [6.07, 6.45) is 0.489. The first-order chi connectivity index (χ1) is 9.56. The number of nitrogen functional groups attached to an aromatic ring is 1. The molecule has 2 N–H and O–H groups in total. The third-order valence-corrected chi connectivity index (χ3v) is 3.81. The zero-order valence-corrected chi connectivity index (χ0v) is 12.2. The van der Waals surface area contributed by atoms with Crippen LogP contribution in [0.2, 0.25) is 0 Å². The van der Waals surface area contributed by atoms with Crippen LogP contribution in [0.4, 0.5) is 11.4 Å². The molecule has 1 unspecified atom stereocenters. The molecule has 0 aromatic heterocycles. The largest absolute Gasteiger partial charge is 0.462 e. The highest BCUT2D eigenvalue weighted by atomic mass is 32.1. The van der Waals surface area contributed by atoms with E-state index in [1.807, 2.05) is 0 Å². The van der Waals surface area contributed by atoms with Crippen molar-refractivity contribution >= 4 is 35.9 Å². The molecule has 0 bridgehead atoms. The molecule has 1 aromatic rings. The Kier molecular flexibility index (Phi) is 4.54. The molecule has 20 heavy (non-hydrogen) atoms. The van der Waals surface area contributed by atoms with Crippen LogP contribution in [-0.4, -0.2) is 30.8 Å². The first-order valence-electron chi connectivity index (χ1n) is 6.54. The Hall–Kier alpha value is -1.69. The number of carbonyl (C=O) groups is 2. The fraction of sp³-hybridized carbons (Fsp3) is 0.429. The number of nitrogens with two attached hydrogens (primary N) is 1. The number of ether oxygens (including phenoxy) is 1. The summed E-state index contributed by atoms with van der Waals surface area (Å²) in [5.41, 5.74) is 7.41. The van der Waals surface area contributed by atoms with E-state index in [-0.39, 0.29) is 11.8 Å². The fourth-order valence-corrected chi connectivity index (χ4v) is 2.52. The average molecular weight is 294 g/mol. The molecule has 6 heteroatoms. The molecule has 5 nitrogen and oxygen atoms in total. The number of anilines is 2. The van der Waals surface area contributed by atoms with Crippen LogP contribution in [0.1, 0.15) is 23.7 Å². The quantitative estimate of drug-likeness (QED) is 0.504. The Labute approximate surface area is 123 Å². The highest BCUT2D eigenvalue weighted by Crippen LogP contribution is 2.31. The van der Waals surface area contributed by atoms with Gasteiger partial charge in [0.05, 0.1) is 23.5 Å². The van der Waals surface area contributed by atoms with Gasteiger partial charge in [0.1, 0.15) is 0 Å². The minimum atomic E-state index is -0.410. The molecule has 1 saturated heterocycles. The number of nitrogens with zero attached hydrogens (tertiary/aromatic N) is 1. The molecule has 0 saturated carbocycles. The summed E-state index contributed by atoms with van der Waals surface area (Å²) >= 11 is 4.23. The second-order valence-electron chi connectivity index (χ2n) is 4.75. The van der Waals surface area contributed by atoms with Gasteiger partial charge in [-0.25, -0.2) is 4.79 Å². The second-order valence-corrected chi connectivity index (χ2v) is 5.12. The Morgan fingerprint density at radius 1 is 1.55 bits per heavy atom. The number of amides is 1. The standard InChI is InChI=1S/C14H18N2O3S/c1-2-19-14(18)10-3-4-12(11(15)6-10)16-7-9(8-20)5-13(16)17/h3-4,6,9,20H,2,5,7-8,15H2,1H3. The molecule has 1 heterocycles. The van der Waals surface area contributed by atoms with Crippen molar-refractivity contribution in [3.63, 3.8) is 0 Å². The van der Waals surface area contributed by atoms with Crippen molar-refractivity contribution in [1.82, 2.24) is 0 Å². The maximum atomic E-state index is 12.0. The lowest BCUT2D eigenvalue weighted by Gasteiger charge is -2.19. The van der Waals surface area contributed by atoms with Crippen molar-refractivity contribution in [2.75, 3.05) is 29.5 Å².